The van der Waals surface area contributed by atoms with Crippen molar-refractivity contribution in [2.24, 2.45) is 0 Å². The zero-order valence-electron chi connectivity index (χ0n) is 7.82. The lowest BCUT2D eigenvalue weighted by atomic mass is 10.2. The lowest BCUT2D eigenvalue weighted by Gasteiger charge is -1.99. The topological polar surface area (TPSA) is 17.1 Å². The number of carbonyl (C=O) groups excluding carboxylic acids is 1. The minimum Gasteiger partial charge on any atom is -0.300 e. The highest BCUT2D eigenvalue weighted by molar-refractivity contribution is 7.98. The Kier molecular flexibility index (Phi) is 4.61. The van der Waals surface area contributed by atoms with E-state index in [4.69, 9.17) is 0 Å². The van der Waals surface area contributed by atoms with Crippen LogP contribution in [0.15, 0.2) is 30.3 Å². The Morgan fingerprint density at radius 1 is 1.31 bits per heavy atom. The molecule has 1 rings (SSSR count). The lowest BCUT2D eigenvalue weighted by Crippen LogP contribution is -1.92. The molecule has 0 aliphatic carbocycles. The quantitative estimate of drug-likeness (QED) is 0.670. The second-order valence-corrected chi connectivity index (χ2v) is 4.10. The number of hydrogen-bond donors (Lipinski definition) is 0. The molecular formula is C11H14OS. The molecule has 0 unspecified atom stereocenters. The molecule has 0 saturated carbocycles. The molecule has 0 aliphatic rings. The minimum atomic E-state index is 0.278. The smallest absolute Gasteiger partial charge is 0.130 e. The van der Waals surface area contributed by atoms with E-state index in [0.717, 1.165) is 11.5 Å². The van der Waals surface area contributed by atoms with E-state index in [9.17, 15) is 4.79 Å². The SMILES string of the molecule is CC(=O)CCSCc1ccccc1. The molecule has 0 saturated heterocycles. The third kappa shape index (κ3) is 4.73. The summed E-state index contributed by atoms with van der Waals surface area (Å²) in [5.74, 6) is 2.22. The molecule has 0 radical (unpaired) electrons. The Hall–Kier alpha value is -0.760. The monoisotopic (exact) mass is 194 g/mol. The van der Waals surface area contributed by atoms with Crippen LogP contribution in [0.3, 0.4) is 0 Å². The van der Waals surface area contributed by atoms with Gasteiger partial charge in [-0.25, -0.2) is 0 Å². The van der Waals surface area contributed by atoms with E-state index in [1.807, 2.05) is 30.0 Å². The molecule has 0 N–H and O–H groups in total. The van der Waals surface area contributed by atoms with Gasteiger partial charge in [-0.15, -0.1) is 0 Å². The van der Waals surface area contributed by atoms with Gasteiger partial charge in [0.2, 0.25) is 0 Å². The van der Waals surface area contributed by atoms with Crippen LogP contribution in [0.25, 0.3) is 0 Å². The fourth-order valence-electron chi connectivity index (χ4n) is 0.980. The third-order valence-corrected chi connectivity index (χ3v) is 2.74. The lowest BCUT2D eigenvalue weighted by molar-refractivity contribution is -0.116. The molecule has 1 aromatic rings. The van der Waals surface area contributed by atoms with Crippen LogP contribution in [0.1, 0.15) is 18.9 Å². The van der Waals surface area contributed by atoms with Crippen LogP contribution in [0.4, 0.5) is 0 Å². The summed E-state index contributed by atoms with van der Waals surface area (Å²) in [5.41, 5.74) is 1.33. The summed E-state index contributed by atoms with van der Waals surface area (Å²) in [6.07, 6.45) is 0.692. The minimum absolute atomic E-state index is 0.278. The zero-order chi connectivity index (χ0) is 9.52. The van der Waals surface area contributed by atoms with Gasteiger partial charge in [-0.05, 0) is 12.5 Å². The molecule has 0 heterocycles. The van der Waals surface area contributed by atoms with Crippen molar-refractivity contribution in [3.63, 3.8) is 0 Å². The second-order valence-electron chi connectivity index (χ2n) is 2.99. The zero-order valence-corrected chi connectivity index (χ0v) is 8.64. The number of ketones is 1. The Morgan fingerprint density at radius 2 is 2.00 bits per heavy atom. The number of Topliss-reactive ketones (excluding diaryl/α,β-unsaturated/α-hetero) is 1. The van der Waals surface area contributed by atoms with E-state index in [2.05, 4.69) is 12.1 Å². The van der Waals surface area contributed by atoms with Crippen LogP contribution in [0.2, 0.25) is 0 Å². The van der Waals surface area contributed by atoms with Crippen LogP contribution in [0, 0.1) is 0 Å². The van der Waals surface area contributed by atoms with Crippen molar-refractivity contribution in [3.05, 3.63) is 35.9 Å². The van der Waals surface area contributed by atoms with Crippen LogP contribution >= 0.6 is 11.8 Å². The number of carbonyl (C=O) groups is 1. The predicted molar refractivity (Wildman–Crippen MR) is 57.9 cm³/mol. The van der Waals surface area contributed by atoms with E-state index in [1.54, 1.807) is 6.92 Å². The second kappa shape index (κ2) is 5.81. The average Bonchev–Trinajstić information content (AvgIpc) is 2.14. The molecule has 2 heteroatoms. The summed E-state index contributed by atoms with van der Waals surface area (Å²) in [6, 6.07) is 10.3. The number of benzene rings is 1. The van der Waals surface area contributed by atoms with Crippen LogP contribution in [-0.4, -0.2) is 11.5 Å². The summed E-state index contributed by atoms with van der Waals surface area (Å²) in [6.45, 7) is 1.64. The van der Waals surface area contributed by atoms with Gasteiger partial charge in [0.25, 0.3) is 0 Å². The van der Waals surface area contributed by atoms with Gasteiger partial charge in [-0.2, -0.15) is 11.8 Å². The van der Waals surface area contributed by atoms with Gasteiger partial charge >= 0.3 is 0 Å². The van der Waals surface area contributed by atoms with Gasteiger partial charge in [0.1, 0.15) is 5.78 Å². The van der Waals surface area contributed by atoms with Crippen LogP contribution in [-0.2, 0) is 10.5 Å². The van der Waals surface area contributed by atoms with Gasteiger partial charge in [0, 0.05) is 17.9 Å². The highest BCUT2D eigenvalue weighted by Gasteiger charge is 1.94. The number of thioether (sulfide) groups is 1. The molecule has 13 heavy (non-hydrogen) atoms. The van der Waals surface area contributed by atoms with E-state index in [-0.39, 0.29) is 5.78 Å². The maximum atomic E-state index is 10.6. The Labute approximate surface area is 83.5 Å². The summed E-state index contributed by atoms with van der Waals surface area (Å²) < 4.78 is 0. The maximum absolute atomic E-state index is 10.6. The van der Waals surface area contributed by atoms with Crippen LogP contribution in [0.5, 0.6) is 0 Å². The van der Waals surface area contributed by atoms with Crippen molar-refractivity contribution in [2.45, 2.75) is 19.1 Å². The first-order valence-electron chi connectivity index (χ1n) is 4.40. The third-order valence-electron chi connectivity index (χ3n) is 1.71. The van der Waals surface area contributed by atoms with Gasteiger partial charge in [-0.3, -0.25) is 4.79 Å². The normalized spacial score (nSPS) is 9.92. The van der Waals surface area contributed by atoms with Gasteiger partial charge < -0.3 is 0 Å². The molecule has 1 nitrogen and oxygen atoms in total. The predicted octanol–water partition coefficient (Wildman–Crippen LogP) is 2.90. The van der Waals surface area contributed by atoms with E-state index in [1.165, 1.54) is 5.56 Å². The Bertz CT molecular complexity index is 256. The van der Waals surface area contributed by atoms with E-state index in [0.29, 0.717) is 6.42 Å². The molecule has 70 valence electrons. The first-order chi connectivity index (χ1) is 6.29. The molecule has 0 atom stereocenters. The van der Waals surface area contributed by atoms with Crippen molar-refractivity contribution < 1.29 is 4.79 Å². The molecule has 0 aromatic heterocycles. The molecular weight excluding hydrogens is 180 g/mol. The van der Waals surface area contributed by atoms with E-state index < -0.39 is 0 Å². The fraction of sp³-hybridized carbons (Fsp3) is 0.364. The van der Waals surface area contributed by atoms with Crippen LogP contribution < -0.4 is 0 Å². The van der Waals surface area contributed by atoms with Crippen molar-refractivity contribution in [3.8, 4) is 0 Å². The summed E-state index contributed by atoms with van der Waals surface area (Å²) in [4.78, 5) is 10.6. The Balaban J connectivity index is 2.17. The molecule has 0 fully saturated rings. The van der Waals surface area contributed by atoms with E-state index >= 15 is 0 Å². The molecule has 0 aliphatic heterocycles. The van der Waals surface area contributed by atoms with Gasteiger partial charge in [0.15, 0.2) is 0 Å². The standard InChI is InChI=1S/C11H14OS/c1-10(12)7-8-13-9-11-5-3-2-4-6-11/h2-6H,7-9H2,1H3. The van der Waals surface area contributed by atoms with Crippen molar-refractivity contribution in [2.75, 3.05) is 5.75 Å². The highest BCUT2D eigenvalue weighted by Crippen LogP contribution is 2.12. The van der Waals surface area contributed by atoms with Gasteiger partial charge in [-0.1, -0.05) is 30.3 Å². The van der Waals surface area contributed by atoms with Crippen molar-refractivity contribution in [1.29, 1.82) is 0 Å². The first kappa shape index (κ1) is 10.3. The summed E-state index contributed by atoms with van der Waals surface area (Å²) in [5, 5.41) is 0. The van der Waals surface area contributed by atoms with Crippen molar-refractivity contribution in [1.82, 2.24) is 0 Å². The molecule has 1 aromatic carbocycles. The number of hydrogen-bond acceptors (Lipinski definition) is 2. The summed E-state index contributed by atoms with van der Waals surface area (Å²) in [7, 11) is 0. The molecule has 0 spiro atoms. The Morgan fingerprint density at radius 3 is 2.62 bits per heavy atom. The molecule has 0 amide bonds. The average molecular weight is 194 g/mol. The van der Waals surface area contributed by atoms with Crippen molar-refractivity contribution >= 4 is 17.5 Å². The van der Waals surface area contributed by atoms with Gasteiger partial charge in [0.05, 0.1) is 0 Å². The number of rotatable bonds is 5. The first-order valence-corrected chi connectivity index (χ1v) is 5.55. The maximum Gasteiger partial charge on any atom is 0.130 e. The molecule has 0 bridgehead atoms. The fourth-order valence-corrected chi connectivity index (χ4v) is 1.98. The summed E-state index contributed by atoms with van der Waals surface area (Å²) >= 11 is 1.81. The highest BCUT2D eigenvalue weighted by atomic mass is 32.2. The largest absolute Gasteiger partial charge is 0.300 e.